The SMILES string of the molecule is C=CCC[C@@H](c1cc([N+](=O)[O-])ccc1O)N1CCNCC1. The minimum atomic E-state index is -0.425. The second-order valence-corrected chi connectivity index (χ2v) is 5.17. The highest BCUT2D eigenvalue weighted by Crippen LogP contribution is 2.35. The molecule has 0 bridgehead atoms. The molecule has 6 nitrogen and oxygen atoms in total. The summed E-state index contributed by atoms with van der Waals surface area (Å²) < 4.78 is 0. The van der Waals surface area contributed by atoms with Crippen LogP contribution in [0.1, 0.15) is 24.4 Å². The Bertz CT molecular complexity index is 513. The molecule has 0 unspecified atom stereocenters. The highest BCUT2D eigenvalue weighted by Gasteiger charge is 2.25. The Morgan fingerprint density at radius 3 is 2.81 bits per heavy atom. The molecule has 0 aromatic heterocycles. The molecule has 1 aliphatic rings. The first-order valence-electron chi connectivity index (χ1n) is 7.16. The van der Waals surface area contributed by atoms with Crippen LogP contribution in [-0.2, 0) is 0 Å². The minimum absolute atomic E-state index is 0.0153. The van der Waals surface area contributed by atoms with Crippen LogP contribution in [0.15, 0.2) is 30.9 Å². The van der Waals surface area contributed by atoms with Crippen molar-refractivity contribution in [2.75, 3.05) is 26.2 Å². The summed E-state index contributed by atoms with van der Waals surface area (Å²) in [6, 6.07) is 4.22. The van der Waals surface area contributed by atoms with Crippen molar-refractivity contribution in [1.82, 2.24) is 10.2 Å². The lowest BCUT2D eigenvalue weighted by Gasteiger charge is -2.35. The zero-order valence-corrected chi connectivity index (χ0v) is 12.0. The van der Waals surface area contributed by atoms with Gasteiger partial charge >= 0.3 is 0 Å². The lowest BCUT2D eigenvalue weighted by atomic mass is 9.98. The normalized spacial score (nSPS) is 17.3. The Morgan fingerprint density at radius 1 is 1.48 bits per heavy atom. The van der Waals surface area contributed by atoms with Gasteiger partial charge in [0, 0.05) is 49.9 Å². The van der Waals surface area contributed by atoms with Crippen LogP contribution in [0.2, 0.25) is 0 Å². The number of nitrogens with zero attached hydrogens (tertiary/aromatic N) is 2. The van der Waals surface area contributed by atoms with Crippen molar-refractivity contribution in [2.24, 2.45) is 0 Å². The van der Waals surface area contributed by atoms with Crippen molar-refractivity contribution in [3.8, 4) is 5.75 Å². The van der Waals surface area contributed by atoms with Gasteiger partial charge in [0.15, 0.2) is 0 Å². The first-order valence-corrected chi connectivity index (χ1v) is 7.16. The highest BCUT2D eigenvalue weighted by atomic mass is 16.6. The molecule has 0 spiro atoms. The van der Waals surface area contributed by atoms with Gasteiger partial charge in [0.05, 0.1) is 4.92 Å². The lowest BCUT2D eigenvalue weighted by Crippen LogP contribution is -2.45. The maximum Gasteiger partial charge on any atom is 0.270 e. The average Bonchev–Trinajstić information content (AvgIpc) is 2.50. The molecule has 1 heterocycles. The van der Waals surface area contributed by atoms with Crippen LogP contribution >= 0.6 is 0 Å². The van der Waals surface area contributed by atoms with E-state index in [2.05, 4.69) is 16.8 Å². The number of phenolic OH excluding ortho intramolecular Hbond substituents is 1. The summed E-state index contributed by atoms with van der Waals surface area (Å²) in [6.07, 6.45) is 3.43. The molecule has 2 N–H and O–H groups in total. The lowest BCUT2D eigenvalue weighted by molar-refractivity contribution is -0.385. The molecule has 114 valence electrons. The van der Waals surface area contributed by atoms with E-state index in [1.54, 1.807) is 0 Å². The van der Waals surface area contributed by atoms with Gasteiger partial charge in [-0.2, -0.15) is 0 Å². The van der Waals surface area contributed by atoms with Crippen LogP contribution < -0.4 is 5.32 Å². The molecule has 2 rings (SSSR count). The predicted molar refractivity (Wildman–Crippen MR) is 81.4 cm³/mol. The number of hydrogen-bond donors (Lipinski definition) is 2. The fourth-order valence-corrected chi connectivity index (χ4v) is 2.73. The maximum atomic E-state index is 11.0. The van der Waals surface area contributed by atoms with Gasteiger partial charge in [-0.05, 0) is 18.9 Å². The summed E-state index contributed by atoms with van der Waals surface area (Å²) in [5.41, 5.74) is 0.648. The van der Waals surface area contributed by atoms with Crippen molar-refractivity contribution in [1.29, 1.82) is 0 Å². The zero-order chi connectivity index (χ0) is 15.2. The molecule has 21 heavy (non-hydrogen) atoms. The maximum absolute atomic E-state index is 11.0. The first-order chi connectivity index (χ1) is 10.1. The Morgan fingerprint density at radius 2 is 2.19 bits per heavy atom. The summed E-state index contributed by atoms with van der Waals surface area (Å²) in [6.45, 7) is 7.25. The number of nitro groups is 1. The number of nitrogens with one attached hydrogen (secondary N) is 1. The smallest absolute Gasteiger partial charge is 0.270 e. The standard InChI is InChI=1S/C15H21N3O3/c1-2-3-4-14(17-9-7-16-8-10-17)13-11-12(18(20)21)5-6-15(13)19/h2,5-6,11,14,16,19H,1,3-4,7-10H2/t14-/m0/s1. The predicted octanol–water partition coefficient (Wildman–Crippen LogP) is 2.21. The van der Waals surface area contributed by atoms with E-state index >= 15 is 0 Å². The van der Waals surface area contributed by atoms with E-state index in [9.17, 15) is 15.2 Å². The Hall–Kier alpha value is -1.92. The molecule has 1 fully saturated rings. The van der Waals surface area contributed by atoms with E-state index in [-0.39, 0.29) is 17.5 Å². The Kier molecular flexibility index (Phi) is 5.30. The summed E-state index contributed by atoms with van der Waals surface area (Å²) in [5, 5.41) is 24.4. The molecule has 1 saturated heterocycles. The van der Waals surface area contributed by atoms with Gasteiger partial charge in [-0.25, -0.2) is 0 Å². The highest BCUT2D eigenvalue weighted by molar-refractivity contribution is 5.44. The summed E-state index contributed by atoms with van der Waals surface area (Å²) in [4.78, 5) is 12.8. The first kappa shape index (κ1) is 15.5. The topological polar surface area (TPSA) is 78.6 Å². The van der Waals surface area contributed by atoms with Gasteiger partial charge in [-0.1, -0.05) is 6.08 Å². The minimum Gasteiger partial charge on any atom is -0.508 e. The molecular weight excluding hydrogens is 270 g/mol. The van der Waals surface area contributed by atoms with Crippen molar-refractivity contribution in [3.63, 3.8) is 0 Å². The second kappa shape index (κ2) is 7.19. The van der Waals surface area contributed by atoms with Crippen molar-refractivity contribution < 1.29 is 10.0 Å². The van der Waals surface area contributed by atoms with Crippen LogP contribution in [0.3, 0.4) is 0 Å². The van der Waals surface area contributed by atoms with E-state index in [0.717, 1.165) is 39.0 Å². The third kappa shape index (κ3) is 3.80. The van der Waals surface area contributed by atoms with Crippen molar-refractivity contribution in [3.05, 3.63) is 46.5 Å². The van der Waals surface area contributed by atoms with E-state index in [1.807, 2.05) is 6.08 Å². The molecule has 1 atom stereocenters. The molecule has 0 aliphatic carbocycles. The van der Waals surface area contributed by atoms with E-state index < -0.39 is 4.92 Å². The number of benzene rings is 1. The zero-order valence-electron chi connectivity index (χ0n) is 12.0. The Balaban J connectivity index is 2.32. The molecule has 0 amide bonds. The van der Waals surface area contributed by atoms with Crippen LogP contribution in [0.25, 0.3) is 0 Å². The van der Waals surface area contributed by atoms with Gasteiger partial charge in [0.2, 0.25) is 0 Å². The average molecular weight is 291 g/mol. The summed E-state index contributed by atoms with van der Waals surface area (Å²) >= 11 is 0. The number of aromatic hydroxyl groups is 1. The number of phenols is 1. The van der Waals surface area contributed by atoms with Crippen LogP contribution in [0.5, 0.6) is 5.75 Å². The number of allylic oxidation sites excluding steroid dienone is 1. The molecule has 1 aliphatic heterocycles. The molecule has 1 aromatic carbocycles. The molecular formula is C15H21N3O3. The number of rotatable bonds is 6. The van der Waals surface area contributed by atoms with Gasteiger partial charge in [0.25, 0.3) is 5.69 Å². The molecule has 1 aromatic rings. The fraction of sp³-hybridized carbons (Fsp3) is 0.467. The van der Waals surface area contributed by atoms with Crippen LogP contribution in [0, 0.1) is 10.1 Å². The van der Waals surface area contributed by atoms with Gasteiger partial charge in [-0.3, -0.25) is 15.0 Å². The number of nitro benzene ring substituents is 1. The monoisotopic (exact) mass is 291 g/mol. The largest absolute Gasteiger partial charge is 0.508 e. The third-order valence-electron chi connectivity index (χ3n) is 3.82. The quantitative estimate of drug-likeness (QED) is 0.477. The third-order valence-corrected chi connectivity index (χ3v) is 3.82. The van der Waals surface area contributed by atoms with Gasteiger partial charge < -0.3 is 10.4 Å². The molecule has 0 saturated carbocycles. The van der Waals surface area contributed by atoms with E-state index in [0.29, 0.717) is 5.56 Å². The van der Waals surface area contributed by atoms with Crippen molar-refractivity contribution >= 4 is 5.69 Å². The Labute approximate surface area is 124 Å². The molecule has 6 heteroatoms. The number of non-ortho nitro benzene ring substituents is 1. The van der Waals surface area contributed by atoms with Crippen LogP contribution in [0.4, 0.5) is 5.69 Å². The van der Waals surface area contributed by atoms with E-state index in [4.69, 9.17) is 0 Å². The molecule has 0 radical (unpaired) electrons. The fourth-order valence-electron chi connectivity index (χ4n) is 2.73. The summed E-state index contributed by atoms with van der Waals surface area (Å²) in [7, 11) is 0. The van der Waals surface area contributed by atoms with Crippen LogP contribution in [-0.4, -0.2) is 41.1 Å². The van der Waals surface area contributed by atoms with Gasteiger partial charge in [0.1, 0.15) is 5.75 Å². The summed E-state index contributed by atoms with van der Waals surface area (Å²) in [5.74, 6) is 0.119. The van der Waals surface area contributed by atoms with Gasteiger partial charge in [-0.15, -0.1) is 6.58 Å². The number of hydrogen-bond acceptors (Lipinski definition) is 5. The van der Waals surface area contributed by atoms with Crippen molar-refractivity contribution in [2.45, 2.75) is 18.9 Å². The van der Waals surface area contributed by atoms with E-state index in [1.165, 1.54) is 18.2 Å². The number of piperazine rings is 1. The second-order valence-electron chi connectivity index (χ2n) is 5.17.